The molecule has 0 bridgehead atoms. The summed E-state index contributed by atoms with van der Waals surface area (Å²) in [4.78, 5) is 24.4. The number of nitrogens with one attached hydrogen (secondary N) is 3. The number of anilines is 2. The van der Waals surface area contributed by atoms with E-state index in [1.807, 2.05) is 0 Å². The van der Waals surface area contributed by atoms with Gasteiger partial charge in [0.15, 0.2) is 0 Å². The van der Waals surface area contributed by atoms with Gasteiger partial charge in [-0.2, -0.15) is 0 Å². The normalized spacial score (nSPS) is 10.5. The average molecular weight is 330 g/mol. The molecule has 0 aliphatic heterocycles. The summed E-state index contributed by atoms with van der Waals surface area (Å²) in [7, 11) is 3.47. The number of amides is 2. The summed E-state index contributed by atoms with van der Waals surface area (Å²) in [5.74, 6) is -0.548. The van der Waals surface area contributed by atoms with E-state index in [1.54, 1.807) is 54.7 Å². The fourth-order valence-electron chi connectivity index (χ4n) is 2.32. The van der Waals surface area contributed by atoms with Crippen LogP contribution < -0.4 is 16.4 Å². The Labute approximate surface area is 140 Å². The van der Waals surface area contributed by atoms with E-state index >= 15 is 0 Å². The van der Waals surface area contributed by atoms with Crippen LogP contribution in [0.15, 0.2) is 24.5 Å². The van der Waals surface area contributed by atoms with E-state index in [0.29, 0.717) is 41.4 Å². The lowest BCUT2D eigenvalue weighted by atomic mass is 10.3. The Bertz CT molecular complexity index is 787. The molecular weight excluding hydrogens is 308 g/mol. The molecule has 0 spiro atoms. The molecule has 2 heterocycles. The predicted octanol–water partition coefficient (Wildman–Crippen LogP) is 1.36. The zero-order chi connectivity index (χ0) is 17.9. The van der Waals surface area contributed by atoms with Crippen molar-refractivity contribution in [2.75, 3.05) is 17.6 Å². The molecule has 8 nitrogen and oxygen atoms in total. The first-order valence-electron chi connectivity index (χ1n) is 7.49. The lowest BCUT2D eigenvalue weighted by molar-refractivity contribution is 0.0945. The van der Waals surface area contributed by atoms with Crippen molar-refractivity contribution in [1.82, 2.24) is 14.5 Å². The maximum Gasteiger partial charge on any atom is 0.272 e. The lowest BCUT2D eigenvalue weighted by Crippen LogP contribution is -2.27. The van der Waals surface area contributed by atoms with Gasteiger partial charge in [0.1, 0.15) is 11.4 Å². The molecule has 0 aliphatic rings. The highest BCUT2D eigenvalue weighted by atomic mass is 16.2. The Morgan fingerprint density at radius 2 is 1.75 bits per heavy atom. The number of carbonyl (C=O) groups is 2. The van der Waals surface area contributed by atoms with Crippen LogP contribution in [-0.2, 0) is 14.1 Å². The maximum atomic E-state index is 12.3. The number of aryl methyl sites for hydroxylation is 2. The zero-order valence-electron chi connectivity index (χ0n) is 14.0. The summed E-state index contributed by atoms with van der Waals surface area (Å²) in [6.07, 6.45) is 3.83. The van der Waals surface area contributed by atoms with E-state index in [9.17, 15) is 9.59 Å². The van der Waals surface area contributed by atoms with Crippen molar-refractivity contribution in [2.24, 2.45) is 14.1 Å². The van der Waals surface area contributed by atoms with Crippen molar-refractivity contribution in [3.8, 4) is 0 Å². The van der Waals surface area contributed by atoms with Crippen molar-refractivity contribution >= 4 is 28.9 Å². The molecular formula is C16H22N6O2. The van der Waals surface area contributed by atoms with Crippen molar-refractivity contribution in [2.45, 2.75) is 13.3 Å². The molecule has 0 atom stereocenters. The van der Waals surface area contributed by atoms with E-state index < -0.39 is 0 Å². The standard InChI is InChI=1S/C16H22N6O2/c1-10(17)4-5-19-15(23)14-7-12(9-22(14)3)20-16(24)13-6-11(18)8-21(13)2/h6-9,17H,4-5,18H2,1-3H3,(H,19,23)(H,20,24). The Morgan fingerprint density at radius 1 is 1.12 bits per heavy atom. The van der Waals surface area contributed by atoms with Gasteiger partial charge >= 0.3 is 0 Å². The molecule has 0 aliphatic carbocycles. The van der Waals surface area contributed by atoms with Gasteiger partial charge in [-0.05, 0) is 19.1 Å². The fraction of sp³-hybridized carbons (Fsp3) is 0.312. The first kappa shape index (κ1) is 17.3. The molecule has 0 saturated carbocycles. The highest BCUT2D eigenvalue weighted by molar-refractivity contribution is 6.04. The summed E-state index contributed by atoms with van der Waals surface area (Å²) < 4.78 is 3.28. The quantitative estimate of drug-likeness (QED) is 0.599. The number of nitrogens with two attached hydrogens (primary N) is 1. The molecule has 5 N–H and O–H groups in total. The van der Waals surface area contributed by atoms with Gasteiger partial charge in [-0.3, -0.25) is 9.59 Å². The number of hydrogen-bond acceptors (Lipinski definition) is 4. The summed E-state index contributed by atoms with van der Waals surface area (Å²) in [6, 6.07) is 3.20. The number of nitrogens with zero attached hydrogens (tertiary/aromatic N) is 2. The molecule has 0 saturated heterocycles. The third kappa shape index (κ3) is 4.03. The van der Waals surface area contributed by atoms with Gasteiger partial charge in [0.05, 0.1) is 11.4 Å². The Hall–Kier alpha value is -3.03. The van der Waals surface area contributed by atoms with Crippen molar-refractivity contribution in [3.05, 3.63) is 35.9 Å². The Morgan fingerprint density at radius 3 is 2.33 bits per heavy atom. The van der Waals surface area contributed by atoms with Crippen molar-refractivity contribution in [3.63, 3.8) is 0 Å². The van der Waals surface area contributed by atoms with Gasteiger partial charge in [0, 0.05) is 45.2 Å². The fourth-order valence-corrected chi connectivity index (χ4v) is 2.32. The molecule has 2 rings (SSSR count). The molecule has 0 radical (unpaired) electrons. The summed E-state index contributed by atoms with van der Waals surface area (Å²) in [6.45, 7) is 2.10. The van der Waals surface area contributed by atoms with Gasteiger partial charge in [0.25, 0.3) is 11.8 Å². The van der Waals surface area contributed by atoms with Crippen LogP contribution in [0.25, 0.3) is 0 Å². The van der Waals surface area contributed by atoms with Crippen LogP contribution in [0.5, 0.6) is 0 Å². The second-order valence-corrected chi connectivity index (χ2v) is 5.73. The second kappa shape index (κ2) is 7.03. The minimum Gasteiger partial charge on any atom is -0.397 e. The number of aromatic nitrogens is 2. The minimum absolute atomic E-state index is 0.248. The lowest BCUT2D eigenvalue weighted by Gasteiger charge is -2.04. The first-order chi connectivity index (χ1) is 11.3. The predicted molar refractivity (Wildman–Crippen MR) is 93.5 cm³/mol. The summed E-state index contributed by atoms with van der Waals surface area (Å²) in [5.41, 5.74) is 8.08. The summed E-state index contributed by atoms with van der Waals surface area (Å²) in [5, 5.41) is 12.9. The van der Waals surface area contributed by atoms with E-state index in [1.165, 1.54) is 0 Å². The van der Waals surface area contributed by atoms with Crippen molar-refractivity contribution in [1.29, 1.82) is 5.41 Å². The largest absolute Gasteiger partial charge is 0.397 e. The summed E-state index contributed by atoms with van der Waals surface area (Å²) >= 11 is 0. The number of nitrogen functional groups attached to an aromatic ring is 1. The Balaban J connectivity index is 2.05. The van der Waals surface area contributed by atoms with Crippen molar-refractivity contribution < 1.29 is 9.59 Å². The van der Waals surface area contributed by atoms with Crippen LogP contribution in [0.3, 0.4) is 0 Å². The molecule has 24 heavy (non-hydrogen) atoms. The van der Waals surface area contributed by atoms with Gasteiger partial charge in [-0.1, -0.05) is 0 Å². The molecule has 0 aromatic carbocycles. The molecule has 0 unspecified atom stereocenters. The van der Waals surface area contributed by atoms with Crippen LogP contribution in [0.1, 0.15) is 34.3 Å². The van der Waals surface area contributed by atoms with Crippen LogP contribution in [0.2, 0.25) is 0 Å². The topological polar surface area (TPSA) is 118 Å². The number of carbonyl (C=O) groups excluding carboxylic acids is 2. The van der Waals surface area contributed by atoms with Gasteiger partial charge in [-0.15, -0.1) is 0 Å². The molecule has 0 fully saturated rings. The Kier molecular flexibility index (Phi) is 5.08. The maximum absolute atomic E-state index is 12.3. The second-order valence-electron chi connectivity index (χ2n) is 5.73. The van der Waals surface area contributed by atoms with E-state index in [0.717, 1.165) is 0 Å². The monoisotopic (exact) mass is 330 g/mol. The van der Waals surface area contributed by atoms with Gasteiger partial charge in [-0.25, -0.2) is 0 Å². The van der Waals surface area contributed by atoms with Crippen LogP contribution >= 0.6 is 0 Å². The zero-order valence-corrected chi connectivity index (χ0v) is 14.0. The van der Waals surface area contributed by atoms with Gasteiger partial charge in [0.2, 0.25) is 0 Å². The smallest absolute Gasteiger partial charge is 0.272 e. The van der Waals surface area contributed by atoms with E-state index in [4.69, 9.17) is 11.1 Å². The molecule has 2 aromatic rings. The van der Waals surface area contributed by atoms with Crippen LogP contribution in [0.4, 0.5) is 11.4 Å². The van der Waals surface area contributed by atoms with Gasteiger partial charge < -0.3 is 30.9 Å². The minimum atomic E-state index is -0.300. The highest BCUT2D eigenvalue weighted by Gasteiger charge is 2.15. The van der Waals surface area contributed by atoms with E-state index in [2.05, 4.69) is 10.6 Å². The van der Waals surface area contributed by atoms with E-state index in [-0.39, 0.29) is 11.8 Å². The highest BCUT2D eigenvalue weighted by Crippen LogP contribution is 2.16. The third-order valence-electron chi connectivity index (χ3n) is 3.54. The van der Waals surface area contributed by atoms with Crippen LogP contribution in [0, 0.1) is 5.41 Å². The first-order valence-corrected chi connectivity index (χ1v) is 7.49. The molecule has 128 valence electrons. The molecule has 8 heteroatoms. The molecule has 2 aromatic heterocycles. The molecule has 2 amide bonds. The number of hydrogen-bond donors (Lipinski definition) is 4. The SMILES string of the molecule is CC(=N)CCNC(=O)c1cc(NC(=O)c2cc(N)cn2C)cn1C. The third-order valence-corrected chi connectivity index (χ3v) is 3.54. The van der Waals surface area contributed by atoms with Crippen LogP contribution in [-0.4, -0.2) is 33.2 Å². The number of rotatable bonds is 6. The average Bonchev–Trinajstić information content (AvgIpc) is 3.00.